The van der Waals surface area contributed by atoms with E-state index in [4.69, 9.17) is 10.5 Å². The molecule has 0 aliphatic carbocycles. The van der Waals surface area contributed by atoms with E-state index in [9.17, 15) is 49.9 Å². The van der Waals surface area contributed by atoms with E-state index in [1.165, 1.54) is 0 Å². The van der Waals surface area contributed by atoms with Crippen molar-refractivity contribution in [2.75, 3.05) is 30.0 Å². The normalized spacial score (nSPS) is 15.9. The maximum atomic E-state index is 13.5. The Balaban J connectivity index is 2.33. The lowest BCUT2D eigenvalue weighted by molar-refractivity contribution is -0.171. The molecule has 0 aromatic heterocycles. The van der Waals surface area contributed by atoms with Gasteiger partial charge in [0, 0.05) is 12.2 Å². The number of carbonyl (C=O) groups excluding carboxylic acids is 4. The van der Waals surface area contributed by atoms with Gasteiger partial charge in [0.05, 0.1) is 17.9 Å². The first-order chi connectivity index (χ1) is 15.2. The second-order valence-corrected chi connectivity index (χ2v) is 6.55. The topological polar surface area (TPSA) is 131 Å². The molecule has 0 saturated carbocycles. The summed E-state index contributed by atoms with van der Waals surface area (Å²) in [7, 11) is 0. The van der Waals surface area contributed by atoms with Gasteiger partial charge in [-0.3, -0.25) is 19.2 Å². The van der Waals surface area contributed by atoms with Gasteiger partial charge in [-0.15, -0.1) is 0 Å². The highest BCUT2D eigenvalue weighted by molar-refractivity contribution is 6.12. The van der Waals surface area contributed by atoms with Crippen molar-refractivity contribution in [2.24, 2.45) is 5.73 Å². The van der Waals surface area contributed by atoms with Gasteiger partial charge in [0.15, 0.2) is 6.04 Å². The minimum absolute atomic E-state index is 0.0504. The smallest absolute Gasteiger partial charge is 0.370 e. The molecular weight excluding hydrogens is 473 g/mol. The van der Waals surface area contributed by atoms with Crippen molar-refractivity contribution in [2.45, 2.75) is 24.6 Å². The van der Waals surface area contributed by atoms with Crippen molar-refractivity contribution >= 4 is 35.0 Å². The molecule has 4 N–H and O–H groups in total. The lowest BCUT2D eigenvalue weighted by Gasteiger charge is -2.28. The third-order valence-corrected chi connectivity index (χ3v) is 4.26. The van der Waals surface area contributed by atoms with Gasteiger partial charge in [-0.2, -0.15) is 22.0 Å². The fourth-order valence-electron chi connectivity index (χ4n) is 2.63. The summed E-state index contributed by atoms with van der Waals surface area (Å²) in [4.78, 5) is 47.7. The Hall–Kier alpha value is -3.43. The number of hydrogen-bond acceptors (Lipinski definition) is 5. The molecule has 0 unspecified atom stereocenters. The molecule has 2 rings (SSSR count). The number of halogens is 7. The standard InChI is InChI=1S/C17H15F7N4O5/c18-14(19)16(20,21)15(32)27-11(12(25)30)13(31)26-9-2-1-7(5-8(9)17(22,23)24)28-3-4-33-6-10(28)29/h1-2,5,11,14H,3-4,6H2,(H2,25,30)(H,26,31)(H,27,32)/t11-/m1/s1. The summed E-state index contributed by atoms with van der Waals surface area (Å²) < 4.78 is 96.2. The average Bonchev–Trinajstić information content (AvgIpc) is 2.71. The Morgan fingerprint density at radius 2 is 1.76 bits per heavy atom. The molecule has 1 saturated heterocycles. The van der Waals surface area contributed by atoms with Crippen molar-refractivity contribution in [1.82, 2.24) is 5.32 Å². The first kappa shape index (κ1) is 25.8. The summed E-state index contributed by atoms with van der Waals surface area (Å²) in [6.07, 6.45) is -9.61. The molecule has 1 aromatic rings. The number of ether oxygens (including phenoxy) is 1. The summed E-state index contributed by atoms with van der Waals surface area (Å²) in [5, 5.41) is 2.57. The molecule has 182 valence electrons. The molecule has 33 heavy (non-hydrogen) atoms. The fourth-order valence-corrected chi connectivity index (χ4v) is 2.63. The highest BCUT2D eigenvalue weighted by Gasteiger charge is 2.50. The van der Waals surface area contributed by atoms with Crippen LogP contribution in [-0.2, 0) is 30.1 Å². The first-order valence-corrected chi connectivity index (χ1v) is 8.82. The van der Waals surface area contributed by atoms with E-state index in [1.54, 1.807) is 5.32 Å². The van der Waals surface area contributed by atoms with E-state index < -0.39 is 59.4 Å². The van der Waals surface area contributed by atoms with Gasteiger partial charge in [0.1, 0.15) is 6.61 Å². The number of carbonyl (C=O) groups is 4. The molecule has 9 nitrogen and oxygen atoms in total. The highest BCUT2D eigenvalue weighted by Crippen LogP contribution is 2.37. The number of amides is 4. The Bertz CT molecular complexity index is 954. The number of alkyl halides is 7. The zero-order chi connectivity index (χ0) is 25.1. The monoisotopic (exact) mass is 488 g/mol. The van der Waals surface area contributed by atoms with Crippen LogP contribution in [0.25, 0.3) is 0 Å². The summed E-state index contributed by atoms with van der Waals surface area (Å²) in [6.45, 7) is -0.381. The van der Waals surface area contributed by atoms with Gasteiger partial charge in [0.25, 0.3) is 17.7 Å². The number of rotatable bonds is 7. The van der Waals surface area contributed by atoms with Crippen LogP contribution in [0.5, 0.6) is 0 Å². The van der Waals surface area contributed by atoms with Crippen molar-refractivity contribution in [3.8, 4) is 0 Å². The van der Waals surface area contributed by atoms with E-state index in [-0.39, 0.29) is 25.4 Å². The molecule has 1 aliphatic heterocycles. The highest BCUT2D eigenvalue weighted by atomic mass is 19.4. The first-order valence-electron chi connectivity index (χ1n) is 8.82. The van der Waals surface area contributed by atoms with E-state index in [1.807, 2.05) is 0 Å². The van der Waals surface area contributed by atoms with E-state index >= 15 is 0 Å². The van der Waals surface area contributed by atoms with Crippen molar-refractivity contribution < 1.29 is 54.6 Å². The number of benzene rings is 1. The molecule has 0 spiro atoms. The van der Waals surface area contributed by atoms with Gasteiger partial charge in [-0.05, 0) is 18.2 Å². The second-order valence-electron chi connectivity index (χ2n) is 6.55. The molecule has 0 radical (unpaired) electrons. The molecule has 1 fully saturated rings. The van der Waals surface area contributed by atoms with Crippen LogP contribution >= 0.6 is 0 Å². The lowest BCUT2D eigenvalue weighted by atomic mass is 10.1. The Morgan fingerprint density at radius 1 is 1.12 bits per heavy atom. The summed E-state index contributed by atoms with van der Waals surface area (Å²) in [5.41, 5.74) is 2.10. The number of nitrogens with two attached hydrogens (primary N) is 1. The summed E-state index contributed by atoms with van der Waals surface area (Å²) >= 11 is 0. The number of nitrogens with zero attached hydrogens (tertiary/aromatic N) is 1. The molecule has 1 heterocycles. The zero-order valence-corrected chi connectivity index (χ0v) is 16.2. The SMILES string of the molecule is NC(=O)[C@@H](NC(=O)C(F)(F)C(F)F)C(=O)Nc1ccc(N2CCOCC2=O)cc1C(F)(F)F. The third kappa shape index (κ3) is 5.88. The fraction of sp³-hybridized carbons (Fsp3) is 0.412. The van der Waals surface area contributed by atoms with Crippen LogP contribution in [0.4, 0.5) is 42.1 Å². The maximum absolute atomic E-state index is 13.5. The molecular formula is C17H15F7N4O5. The largest absolute Gasteiger partial charge is 0.418 e. The van der Waals surface area contributed by atoms with Crippen molar-refractivity contribution in [3.05, 3.63) is 23.8 Å². The Kier molecular flexibility index (Phi) is 7.51. The number of anilines is 2. The summed E-state index contributed by atoms with van der Waals surface area (Å²) in [5.74, 6) is -12.3. The maximum Gasteiger partial charge on any atom is 0.418 e. The van der Waals surface area contributed by atoms with Gasteiger partial charge < -0.3 is 26.0 Å². The minimum Gasteiger partial charge on any atom is -0.370 e. The zero-order valence-electron chi connectivity index (χ0n) is 16.2. The van der Waals surface area contributed by atoms with Crippen LogP contribution in [0, 0.1) is 0 Å². The van der Waals surface area contributed by atoms with E-state index in [0.717, 1.165) is 16.3 Å². The molecule has 16 heteroatoms. The van der Waals surface area contributed by atoms with E-state index in [2.05, 4.69) is 0 Å². The van der Waals surface area contributed by atoms with Crippen LogP contribution in [-0.4, -0.2) is 61.8 Å². The van der Waals surface area contributed by atoms with Gasteiger partial charge >= 0.3 is 18.5 Å². The number of primary amides is 1. The average molecular weight is 488 g/mol. The second kappa shape index (κ2) is 9.60. The molecule has 1 aliphatic rings. The van der Waals surface area contributed by atoms with Crippen LogP contribution in [0.1, 0.15) is 5.56 Å². The lowest BCUT2D eigenvalue weighted by Crippen LogP contribution is -2.57. The minimum atomic E-state index is -5.31. The molecule has 1 aromatic carbocycles. The van der Waals surface area contributed by atoms with Crippen molar-refractivity contribution in [3.63, 3.8) is 0 Å². The molecule has 4 amide bonds. The number of hydrogen-bond donors (Lipinski definition) is 3. The van der Waals surface area contributed by atoms with Crippen LogP contribution in [0.2, 0.25) is 0 Å². The van der Waals surface area contributed by atoms with Gasteiger partial charge in [-0.25, -0.2) is 8.78 Å². The van der Waals surface area contributed by atoms with E-state index in [0.29, 0.717) is 12.1 Å². The predicted octanol–water partition coefficient (Wildman–Crippen LogP) is 0.878. The number of morpholine rings is 1. The Labute approximate surface area is 180 Å². The van der Waals surface area contributed by atoms with Gasteiger partial charge in [-0.1, -0.05) is 0 Å². The van der Waals surface area contributed by atoms with Crippen LogP contribution in [0.3, 0.4) is 0 Å². The third-order valence-electron chi connectivity index (χ3n) is 4.26. The van der Waals surface area contributed by atoms with Crippen LogP contribution in [0.15, 0.2) is 18.2 Å². The summed E-state index contributed by atoms with van der Waals surface area (Å²) in [6, 6.07) is -0.492. The molecule has 1 atom stereocenters. The van der Waals surface area contributed by atoms with Crippen molar-refractivity contribution in [1.29, 1.82) is 0 Å². The predicted molar refractivity (Wildman–Crippen MR) is 95.3 cm³/mol. The van der Waals surface area contributed by atoms with Crippen LogP contribution < -0.4 is 21.3 Å². The Morgan fingerprint density at radius 3 is 2.27 bits per heavy atom. The number of nitrogens with one attached hydrogen (secondary N) is 2. The van der Waals surface area contributed by atoms with Gasteiger partial charge in [0.2, 0.25) is 5.91 Å². The quantitative estimate of drug-likeness (QED) is 0.388. The molecule has 0 bridgehead atoms.